The number of carbonyl (C=O) groups is 1. The van der Waals surface area contributed by atoms with Gasteiger partial charge in [-0.15, -0.1) is 0 Å². The highest BCUT2D eigenvalue weighted by Gasteiger charge is 2.31. The van der Waals surface area contributed by atoms with Crippen molar-refractivity contribution in [1.82, 2.24) is 9.47 Å². The molecule has 2 aliphatic heterocycles. The third-order valence-electron chi connectivity index (χ3n) is 5.27. The third-order valence-corrected chi connectivity index (χ3v) is 6.34. The fraction of sp³-hybridized carbons (Fsp3) is 0.125. The Hall–Kier alpha value is -3.29. The van der Waals surface area contributed by atoms with Crippen LogP contribution in [0.4, 0.5) is 0 Å². The van der Waals surface area contributed by atoms with Crippen LogP contribution in [-0.2, 0) is 11.3 Å². The first-order valence-corrected chi connectivity index (χ1v) is 11.4. The van der Waals surface area contributed by atoms with E-state index in [1.165, 1.54) is 11.8 Å². The molecule has 0 atom stereocenters. The smallest absolute Gasteiger partial charge is 0.283 e. The number of amides is 1. The van der Waals surface area contributed by atoms with E-state index in [1.54, 1.807) is 17.2 Å². The Morgan fingerprint density at radius 1 is 1.16 bits per heavy atom. The second-order valence-corrected chi connectivity index (χ2v) is 8.59. The molecule has 2 aliphatic rings. The summed E-state index contributed by atoms with van der Waals surface area (Å²) in [7, 11) is 0. The normalized spacial score (nSPS) is 16.7. The summed E-state index contributed by atoms with van der Waals surface area (Å²) >= 11 is 7.49. The number of rotatable bonds is 6. The average molecular weight is 463 g/mol. The number of aryl methyl sites for hydroxylation is 1. The number of aromatic nitrogens is 1. The largest absolute Gasteiger partial charge is 0.492 e. The van der Waals surface area contributed by atoms with Gasteiger partial charge in [-0.2, -0.15) is 4.99 Å². The highest BCUT2D eigenvalue weighted by atomic mass is 35.5. The van der Waals surface area contributed by atoms with Crippen LogP contribution in [0.25, 0.3) is 17.0 Å². The molecule has 8 heteroatoms. The summed E-state index contributed by atoms with van der Waals surface area (Å²) in [5.74, 6) is 0.439. The molecule has 5 rings (SSSR count). The Labute approximate surface area is 194 Å². The number of carbonyl (C=O) groups excluding carboxylic acids is 1. The molecule has 1 amide bonds. The van der Waals surface area contributed by atoms with Gasteiger partial charge in [0.15, 0.2) is 5.17 Å². The van der Waals surface area contributed by atoms with Crippen molar-refractivity contribution < 1.29 is 9.53 Å². The molecular weight excluding hydrogens is 444 g/mol. The zero-order chi connectivity index (χ0) is 22.1. The van der Waals surface area contributed by atoms with Gasteiger partial charge in [0, 0.05) is 35.4 Å². The minimum absolute atomic E-state index is 0.145. The number of ether oxygens (including phenoxy) is 1. The van der Waals surface area contributed by atoms with Crippen LogP contribution >= 0.6 is 23.4 Å². The number of hydrogen-bond acceptors (Lipinski definition) is 4. The summed E-state index contributed by atoms with van der Waals surface area (Å²) in [6.45, 7) is 1.28. The lowest BCUT2D eigenvalue weighted by molar-refractivity contribution is -0.114. The predicted molar refractivity (Wildman–Crippen MR) is 130 cm³/mol. The maximum absolute atomic E-state index is 12.6. The molecule has 2 aromatic carbocycles. The quantitative estimate of drug-likeness (QED) is 0.385. The van der Waals surface area contributed by atoms with Crippen LogP contribution in [0, 0.1) is 5.41 Å². The van der Waals surface area contributed by atoms with E-state index in [0.29, 0.717) is 22.5 Å². The van der Waals surface area contributed by atoms with Gasteiger partial charge in [-0.05, 0) is 36.1 Å². The second kappa shape index (κ2) is 8.68. The zero-order valence-corrected chi connectivity index (χ0v) is 18.6. The summed E-state index contributed by atoms with van der Waals surface area (Å²) in [5.41, 5.74) is 2.23. The maximum atomic E-state index is 12.6. The molecule has 0 fully saturated rings. The Morgan fingerprint density at radius 3 is 2.84 bits per heavy atom. The molecule has 0 spiro atoms. The number of benzene rings is 2. The van der Waals surface area contributed by atoms with Gasteiger partial charge < -0.3 is 9.30 Å². The molecule has 0 radical (unpaired) electrons. The zero-order valence-electron chi connectivity index (χ0n) is 17.0. The van der Waals surface area contributed by atoms with E-state index in [4.69, 9.17) is 21.7 Å². The predicted octanol–water partition coefficient (Wildman–Crippen LogP) is 5.54. The van der Waals surface area contributed by atoms with E-state index >= 15 is 0 Å². The molecule has 0 saturated heterocycles. The van der Waals surface area contributed by atoms with Gasteiger partial charge in [0.2, 0.25) is 0 Å². The molecule has 1 N–H and O–H groups in total. The van der Waals surface area contributed by atoms with Gasteiger partial charge in [-0.1, -0.05) is 53.7 Å². The third kappa shape index (κ3) is 3.85. The minimum Gasteiger partial charge on any atom is -0.492 e. The van der Waals surface area contributed by atoms with Gasteiger partial charge in [0.25, 0.3) is 5.91 Å². The number of fused-ring (bicyclic) bond motifs is 2. The van der Waals surface area contributed by atoms with Crippen molar-refractivity contribution in [2.24, 2.45) is 4.99 Å². The summed E-state index contributed by atoms with van der Waals surface area (Å²) in [5, 5.41) is 12.4. The molecule has 0 saturated carbocycles. The topological polar surface area (TPSA) is 70.7 Å². The summed E-state index contributed by atoms with van der Waals surface area (Å²) in [4.78, 5) is 18.3. The van der Waals surface area contributed by atoms with Crippen LogP contribution in [0.3, 0.4) is 0 Å². The Bertz CT molecular complexity index is 1320. The van der Waals surface area contributed by atoms with Gasteiger partial charge in [0.1, 0.15) is 11.6 Å². The van der Waals surface area contributed by atoms with E-state index in [2.05, 4.69) is 15.6 Å². The van der Waals surface area contributed by atoms with Crippen molar-refractivity contribution in [3.05, 3.63) is 82.5 Å². The first-order chi connectivity index (χ1) is 15.6. The van der Waals surface area contributed by atoms with Crippen LogP contribution in [0.5, 0.6) is 5.75 Å². The fourth-order valence-electron chi connectivity index (χ4n) is 3.74. The Balaban J connectivity index is 1.38. The van der Waals surface area contributed by atoms with Crippen LogP contribution in [0.15, 0.2) is 76.9 Å². The molecule has 0 bridgehead atoms. The molecule has 6 nitrogen and oxygen atoms in total. The molecule has 32 heavy (non-hydrogen) atoms. The molecule has 3 aromatic rings. The molecule has 1 aromatic heterocycles. The van der Waals surface area contributed by atoms with Gasteiger partial charge >= 0.3 is 0 Å². The van der Waals surface area contributed by atoms with Gasteiger partial charge in [0.05, 0.1) is 17.2 Å². The molecular formula is C24H19ClN4O2S. The van der Waals surface area contributed by atoms with Crippen LogP contribution in [0.1, 0.15) is 12.0 Å². The number of nitrogens with one attached hydrogen (secondary N) is 1. The van der Waals surface area contributed by atoms with Gasteiger partial charge in [-0.3, -0.25) is 15.1 Å². The van der Waals surface area contributed by atoms with Gasteiger partial charge in [-0.25, -0.2) is 0 Å². The van der Waals surface area contributed by atoms with E-state index in [9.17, 15) is 4.79 Å². The number of amidine groups is 2. The molecule has 3 heterocycles. The molecule has 0 unspecified atom stereocenters. The van der Waals surface area contributed by atoms with E-state index in [-0.39, 0.29) is 17.3 Å². The lowest BCUT2D eigenvalue weighted by Crippen LogP contribution is -2.35. The van der Waals surface area contributed by atoms with E-state index in [1.807, 2.05) is 54.1 Å². The molecule has 160 valence electrons. The Morgan fingerprint density at radius 2 is 1.97 bits per heavy atom. The maximum Gasteiger partial charge on any atom is 0.283 e. The number of hydrogen-bond donors (Lipinski definition) is 1. The number of aliphatic imine (C=N–C) groups is 1. The minimum atomic E-state index is -0.387. The van der Waals surface area contributed by atoms with Crippen molar-refractivity contribution in [3.63, 3.8) is 0 Å². The highest BCUT2D eigenvalue weighted by molar-refractivity contribution is 8.16. The number of thioether (sulfide) groups is 1. The van der Waals surface area contributed by atoms with Crippen molar-refractivity contribution in [3.8, 4) is 5.75 Å². The van der Waals surface area contributed by atoms with Crippen LogP contribution < -0.4 is 4.74 Å². The van der Waals surface area contributed by atoms with Crippen molar-refractivity contribution in [2.45, 2.75) is 13.0 Å². The van der Waals surface area contributed by atoms with Crippen molar-refractivity contribution in [1.29, 1.82) is 5.41 Å². The highest BCUT2D eigenvalue weighted by Crippen LogP contribution is 2.30. The lowest BCUT2D eigenvalue weighted by Gasteiger charge is -2.22. The summed E-state index contributed by atoms with van der Waals surface area (Å²) in [6.07, 6.45) is 6.33. The molecule has 0 aliphatic carbocycles. The van der Waals surface area contributed by atoms with Crippen molar-refractivity contribution in [2.75, 3.05) is 6.61 Å². The lowest BCUT2D eigenvalue weighted by atomic mass is 10.1. The first-order valence-electron chi connectivity index (χ1n) is 10.1. The van der Waals surface area contributed by atoms with Crippen molar-refractivity contribution >= 4 is 57.3 Å². The summed E-state index contributed by atoms with van der Waals surface area (Å²) < 4.78 is 7.96. The summed E-state index contributed by atoms with van der Waals surface area (Å²) in [6, 6.07) is 15.5. The number of para-hydroxylation sites is 2. The standard InChI is InChI=1S/C24H19ClN4O2S/c25-19-7-2-4-9-21(19)31-12-5-10-28-15-16(17-6-1-3-8-20(17)28)14-18-22(26)29-11-13-32-24(29)27-23(18)30/h1-4,6-9,11,13-15,26H,5,10,12H2. The SMILES string of the molecule is N=C1C(=Cc2cn(CCCOc3ccccc3Cl)c3ccccc23)C(=O)N=C2SC=CN12. The van der Waals surface area contributed by atoms with E-state index in [0.717, 1.165) is 29.4 Å². The first kappa shape index (κ1) is 20.6. The Kier molecular flexibility index (Phi) is 5.59. The average Bonchev–Trinajstić information content (AvgIpc) is 3.40. The van der Waals surface area contributed by atoms with Crippen LogP contribution in [-0.4, -0.2) is 33.0 Å². The number of nitrogens with zero attached hydrogens (tertiary/aromatic N) is 3. The fourth-order valence-corrected chi connectivity index (χ4v) is 4.64. The van der Waals surface area contributed by atoms with Crippen LogP contribution in [0.2, 0.25) is 5.02 Å². The number of halogens is 1. The monoisotopic (exact) mass is 462 g/mol. The second-order valence-electron chi connectivity index (χ2n) is 7.31. The van der Waals surface area contributed by atoms with E-state index < -0.39 is 0 Å².